The highest BCUT2D eigenvalue weighted by Crippen LogP contribution is 2.33. The van der Waals surface area contributed by atoms with E-state index >= 15 is 0 Å². The van der Waals surface area contributed by atoms with Crippen molar-refractivity contribution in [2.24, 2.45) is 0 Å². The maximum absolute atomic E-state index is 10.7. The van der Waals surface area contributed by atoms with E-state index in [-0.39, 0.29) is 0 Å². The summed E-state index contributed by atoms with van der Waals surface area (Å²) in [5.41, 5.74) is 3.80. The highest BCUT2D eigenvalue weighted by Gasteiger charge is 2.16. The van der Waals surface area contributed by atoms with Crippen molar-refractivity contribution < 1.29 is 14.6 Å². The van der Waals surface area contributed by atoms with E-state index in [9.17, 15) is 5.11 Å². The van der Waals surface area contributed by atoms with Gasteiger partial charge in [0.15, 0.2) is 0 Å². The molecule has 0 saturated carbocycles. The number of benzene rings is 3. The fraction of sp³-hybridized carbons (Fsp3) is 0.143. The van der Waals surface area contributed by atoms with E-state index in [1.807, 2.05) is 54.6 Å². The van der Waals surface area contributed by atoms with Crippen LogP contribution >= 0.6 is 0 Å². The molecule has 0 radical (unpaired) electrons. The van der Waals surface area contributed by atoms with Crippen LogP contribution in [0.4, 0.5) is 0 Å². The van der Waals surface area contributed by atoms with E-state index < -0.39 is 6.10 Å². The molecule has 122 valence electrons. The fourth-order valence-corrected chi connectivity index (χ4v) is 2.71. The van der Waals surface area contributed by atoms with Gasteiger partial charge in [0, 0.05) is 11.6 Å². The van der Waals surface area contributed by atoms with Crippen molar-refractivity contribution in [1.82, 2.24) is 0 Å². The van der Waals surface area contributed by atoms with Crippen molar-refractivity contribution >= 4 is 0 Å². The Morgan fingerprint density at radius 2 is 1.42 bits per heavy atom. The van der Waals surface area contributed by atoms with Crippen LogP contribution in [0.2, 0.25) is 0 Å². The van der Waals surface area contributed by atoms with Crippen LogP contribution in [0.25, 0.3) is 11.1 Å². The zero-order chi connectivity index (χ0) is 16.9. The van der Waals surface area contributed by atoms with Crippen LogP contribution in [0.1, 0.15) is 17.2 Å². The molecular formula is C21H20O3. The lowest BCUT2D eigenvalue weighted by Gasteiger charge is -2.16. The lowest BCUT2D eigenvalue weighted by atomic mass is 9.97. The molecule has 3 aromatic carbocycles. The van der Waals surface area contributed by atoms with E-state index in [1.165, 1.54) is 0 Å². The van der Waals surface area contributed by atoms with E-state index in [4.69, 9.17) is 9.47 Å². The van der Waals surface area contributed by atoms with Crippen molar-refractivity contribution in [1.29, 1.82) is 0 Å². The van der Waals surface area contributed by atoms with Gasteiger partial charge in [0.1, 0.15) is 17.6 Å². The number of rotatable bonds is 5. The Hall–Kier alpha value is -2.78. The van der Waals surface area contributed by atoms with Gasteiger partial charge in [-0.2, -0.15) is 0 Å². The summed E-state index contributed by atoms with van der Waals surface area (Å²) in [5, 5.41) is 10.7. The highest BCUT2D eigenvalue weighted by molar-refractivity contribution is 5.63. The molecule has 0 aliphatic carbocycles. The van der Waals surface area contributed by atoms with Gasteiger partial charge in [0.05, 0.1) is 14.2 Å². The van der Waals surface area contributed by atoms with Crippen molar-refractivity contribution in [2.75, 3.05) is 14.2 Å². The minimum Gasteiger partial charge on any atom is -0.497 e. The Kier molecular flexibility index (Phi) is 4.82. The van der Waals surface area contributed by atoms with Gasteiger partial charge >= 0.3 is 0 Å². The molecule has 0 heterocycles. The summed E-state index contributed by atoms with van der Waals surface area (Å²) in [7, 11) is 3.19. The molecule has 1 atom stereocenters. The van der Waals surface area contributed by atoms with Crippen LogP contribution in [-0.4, -0.2) is 19.3 Å². The second-order valence-electron chi connectivity index (χ2n) is 5.50. The largest absolute Gasteiger partial charge is 0.497 e. The van der Waals surface area contributed by atoms with Crippen molar-refractivity contribution in [2.45, 2.75) is 6.10 Å². The molecule has 3 aromatic rings. The second-order valence-corrected chi connectivity index (χ2v) is 5.50. The second kappa shape index (κ2) is 7.20. The molecule has 3 heteroatoms. The minimum atomic E-state index is -0.754. The van der Waals surface area contributed by atoms with Crippen molar-refractivity contribution in [3.63, 3.8) is 0 Å². The molecule has 0 aliphatic rings. The summed E-state index contributed by atoms with van der Waals surface area (Å²) >= 11 is 0. The lowest BCUT2D eigenvalue weighted by molar-refractivity contribution is 0.214. The third-order valence-electron chi connectivity index (χ3n) is 4.07. The van der Waals surface area contributed by atoms with Crippen LogP contribution < -0.4 is 9.47 Å². The summed E-state index contributed by atoms with van der Waals surface area (Å²) in [4.78, 5) is 0. The van der Waals surface area contributed by atoms with E-state index in [2.05, 4.69) is 12.1 Å². The Morgan fingerprint density at radius 1 is 0.750 bits per heavy atom. The summed E-state index contributed by atoms with van der Waals surface area (Å²) in [6.07, 6.45) is -0.754. The van der Waals surface area contributed by atoms with E-state index in [0.29, 0.717) is 17.1 Å². The standard InChI is InChI=1S/C21H20O3/c1-23-18-12-13-19(20(14-18)24-2)21(22)17-10-8-16(9-11-17)15-6-4-3-5-7-15/h3-14,21-22H,1-2H3/t21-/m0/s1. The third-order valence-corrected chi connectivity index (χ3v) is 4.07. The number of ether oxygens (including phenoxy) is 2. The Morgan fingerprint density at radius 3 is 2.04 bits per heavy atom. The van der Waals surface area contributed by atoms with Crippen LogP contribution in [0.15, 0.2) is 72.8 Å². The average molecular weight is 320 g/mol. The quantitative estimate of drug-likeness (QED) is 0.754. The smallest absolute Gasteiger partial charge is 0.128 e. The topological polar surface area (TPSA) is 38.7 Å². The molecule has 0 saturated heterocycles. The van der Waals surface area contributed by atoms with Crippen molar-refractivity contribution in [3.8, 4) is 22.6 Å². The van der Waals surface area contributed by atoms with Crippen LogP contribution in [0.5, 0.6) is 11.5 Å². The first-order valence-electron chi connectivity index (χ1n) is 7.78. The number of methoxy groups -OCH3 is 2. The maximum Gasteiger partial charge on any atom is 0.128 e. The molecule has 3 rings (SSSR count). The predicted molar refractivity (Wildman–Crippen MR) is 95.5 cm³/mol. The third kappa shape index (κ3) is 3.26. The lowest BCUT2D eigenvalue weighted by Crippen LogP contribution is -2.02. The van der Waals surface area contributed by atoms with Crippen LogP contribution in [-0.2, 0) is 0 Å². The van der Waals surface area contributed by atoms with Gasteiger partial charge in [-0.3, -0.25) is 0 Å². The minimum absolute atomic E-state index is 0.606. The summed E-state index contributed by atoms with van der Waals surface area (Å²) in [6.45, 7) is 0. The van der Waals surface area contributed by atoms with Crippen LogP contribution in [0, 0.1) is 0 Å². The maximum atomic E-state index is 10.7. The van der Waals surface area contributed by atoms with E-state index in [1.54, 1.807) is 20.3 Å². The Balaban J connectivity index is 1.89. The average Bonchev–Trinajstić information content (AvgIpc) is 2.67. The van der Waals surface area contributed by atoms with Gasteiger partial charge < -0.3 is 14.6 Å². The molecular weight excluding hydrogens is 300 g/mol. The first-order chi connectivity index (χ1) is 11.7. The van der Waals surface area contributed by atoms with Gasteiger partial charge in [0.2, 0.25) is 0 Å². The van der Waals surface area contributed by atoms with Gasteiger partial charge in [-0.05, 0) is 28.8 Å². The first kappa shape index (κ1) is 16.1. The zero-order valence-electron chi connectivity index (χ0n) is 13.8. The Labute approximate surface area is 142 Å². The Bertz CT molecular complexity index is 795. The zero-order valence-corrected chi connectivity index (χ0v) is 13.8. The summed E-state index contributed by atoms with van der Waals surface area (Å²) in [5.74, 6) is 1.30. The molecule has 1 N–H and O–H groups in total. The summed E-state index contributed by atoms with van der Waals surface area (Å²) in [6, 6.07) is 23.5. The first-order valence-corrected chi connectivity index (χ1v) is 7.78. The van der Waals surface area contributed by atoms with Gasteiger partial charge in [-0.15, -0.1) is 0 Å². The number of aliphatic hydroxyl groups excluding tert-OH is 1. The predicted octanol–water partition coefficient (Wildman–Crippen LogP) is 4.45. The number of hydrogen-bond acceptors (Lipinski definition) is 3. The summed E-state index contributed by atoms with van der Waals surface area (Å²) < 4.78 is 10.6. The number of aliphatic hydroxyl groups is 1. The SMILES string of the molecule is COc1ccc([C@@H](O)c2ccc(-c3ccccc3)cc2)c(OC)c1. The molecule has 0 fully saturated rings. The van der Waals surface area contributed by atoms with Crippen LogP contribution in [0.3, 0.4) is 0 Å². The van der Waals surface area contributed by atoms with Crippen molar-refractivity contribution in [3.05, 3.63) is 83.9 Å². The molecule has 3 nitrogen and oxygen atoms in total. The molecule has 0 amide bonds. The molecule has 0 bridgehead atoms. The van der Waals surface area contributed by atoms with Gasteiger partial charge in [-0.1, -0.05) is 54.6 Å². The molecule has 0 spiro atoms. The van der Waals surface area contributed by atoms with Gasteiger partial charge in [0.25, 0.3) is 0 Å². The number of hydrogen-bond donors (Lipinski definition) is 1. The molecule has 0 unspecified atom stereocenters. The molecule has 0 aromatic heterocycles. The molecule has 24 heavy (non-hydrogen) atoms. The van der Waals surface area contributed by atoms with Gasteiger partial charge in [-0.25, -0.2) is 0 Å². The monoisotopic (exact) mass is 320 g/mol. The van der Waals surface area contributed by atoms with E-state index in [0.717, 1.165) is 16.7 Å². The fourth-order valence-electron chi connectivity index (χ4n) is 2.71. The molecule has 0 aliphatic heterocycles. The highest BCUT2D eigenvalue weighted by atomic mass is 16.5. The normalized spacial score (nSPS) is 11.8.